The molecule has 1 aromatic rings. The van der Waals surface area contributed by atoms with Crippen LogP contribution >= 0.6 is 0 Å². The first-order chi connectivity index (χ1) is 42.1. The molecule has 0 aliphatic carbocycles. The van der Waals surface area contributed by atoms with Crippen molar-refractivity contribution in [2.75, 3.05) is 59.3 Å². The molecule has 21 saturated heterocycles. The van der Waals surface area contributed by atoms with Crippen molar-refractivity contribution in [1.82, 2.24) is 10.6 Å². The molecule has 88 heavy (non-hydrogen) atoms. The summed E-state index contributed by atoms with van der Waals surface area (Å²) < 4.78 is 81.3. The van der Waals surface area contributed by atoms with E-state index < -0.39 is 260 Å². The number of amides is 1. The Bertz CT molecular complexity index is 2300. The van der Waals surface area contributed by atoms with Gasteiger partial charge in [-0.05, 0) is 12.1 Å². The Morgan fingerprint density at radius 1 is 0.295 bits per heavy atom. The van der Waals surface area contributed by atoms with E-state index in [-0.39, 0.29) is 19.6 Å². The van der Waals surface area contributed by atoms with Gasteiger partial charge in [0.05, 0.1) is 39.6 Å². The summed E-state index contributed by atoms with van der Waals surface area (Å²) >= 11 is 0. The fraction of sp³-hybridized carbons (Fsp3) is 0.863. The molecule has 0 spiro atoms. The van der Waals surface area contributed by atoms with Gasteiger partial charge in [-0.1, -0.05) is 18.2 Å². The fourth-order valence-corrected chi connectivity index (χ4v) is 11.6. The fourth-order valence-electron chi connectivity index (χ4n) is 11.6. The maximum Gasteiger partial charge on any atom is 0.251 e. The zero-order chi connectivity index (χ0) is 63.6. The van der Waals surface area contributed by atoms with Crippen molar-refractivity contribution in [2.45, 2.75) is 215 Å². The zero-order valence-electron chi connectivity index (χ0n) is 46.5. The lowest BCUT2D eigenvalue weighted by Crippen LogP contribution is -2.68. The van der Waals surface area contributed by atoms with Crippen LogP contribution in [-0.4, -0.2) is 382 Å². The van der Waals surface area contributed by atoms with Crippen LogP contribution in [0, 0.1) is 0 Å². The topological polar surface area (TPSA) is 575 Å². The zero-order valence-corrected chi connectivity index (χ0v) is 46.5. The van der Waals surface area contributed by atoms with Crippen molar-refractivity contribution in [3.05, 3.63) is 35.9 Å². The van der Waals surface area contributed by atoms with Crippen molar-refractivity contribution >= 4 is 5.91 Å². The molecule has 504 valence electrons. The summed E-state index contributed by atoms with van der Waals surface area (Å²) in [5, 5.41) is 229. The molecule has 22 rings (SSSR count). The average Bonchev–Trinajstić information content (AvgIpc) is 1.59. The number of ether oxygens (including phenoxy) is 14. The van der Waals surface area contributed by atoms with Crippen LogP contribution in [0.1, 0.15) is 10.4 Å². The summed E-state index contributed by atoms with van der Waals surface area (Å²) in [5.41, 5.74) is 0.345. The first kappa shape index (κ1) is 69.6. The highest BCUT2D eigenvalue weighted by molar-refractivity contribution is 5.94. The molecular formula is C51H80N2O35. The molecule has 0 saturated carbocycles. The largest absolute Gasteiger partial charge is 0.394 e. The number of aliphatic hydroxyl groups is 20. The molecule has 37 nitrogen and oxygen atoms in total. The van der Waals surface area contributed by atoms with Gasteiger partial charge in [-0.15, -0.1) is 0 Å². The smallest absolute Gasteiger partial charge is 0.251 e. The monoisotopic (exact) mass is 1280 g/mol. The van der Waals surface area contributed by atoms with E-state index in [0.717, 1.165) is 0 Å². The third-order valence-electron chi connectivity index (χ3n) is 16.6. The van der Waals surface area contributed by atoms with E-state index in [4.69, 9.17) is 66.3 Å². The molecule has 21 heterocycles. The van der Waals surface area contributed by atoms with E-state index in [0.29, 0.717) is 5.56 Å². The third-order valence-corrected chi connectivity index (χ3v) is 16.6. The number of aliphatic hydroxyl groups excluding tert-OH is 20. The average molecular weight is 1280 g/mol. The van der Waals surface area contributed by atoms with Crippen LogP contribution in [0.5, 0.6) is 0 Å². The van der Waals surface area contributed by atoms with Gasteiger partial charge in [0.15, 0.2) is 44.0 Å². The lowest BCUT2D eigenvalue weighted by Gasteiger charge is -2.50. The number of nitrogens with one attached hydrogen (secondary N) is 2. The summed E-state index contributed by atoms with van der Waals surface area (Å²) in [7, 11) is 0. The van der Waals surface area contributed by atoms with Crippen molar-refractivity contribution in [3.63, 3.8) is 0 Å². The Hall–Kier alpha value is -2.71. The number of carbonyl (C=O) groups is 1. The summed E-state index contributed by atoms with van der Waals surface area (Å²) in [6.07, 6.45) is -70.2. The first-order valence-electron chi connectivity index (χ1n) is 28.5. The van der Waals surface area contributed by atoms with Crippen LogP contribution in [0.4, 0.5) is 0 Å². The minimum absolute atomic E-state index is 0.000679. The molecule has 14 bridgehead atoms. The van der Waals surface area contributed by atoms with Gasteiger partial charge in [-0.2, -0.15) is 0 Å². The number of rotatable bonds is 12. The van der Waals surface area contributed by atoms with Crippen molar-refractivity contribution in [3.8, 4) is 0 Å². The highest BCUT2D eigenvalue weighted by Crippen LogP contribution is 2.39. The van der Waals surface area contributed by atoms with Crippen LogP contribution < -0.4 is 10.6 Å². The second-order valence-corrected chi connectivity index (χ2v) is 22.3. The summed E-state index contributed by atoms with van der Waals surface area (Å²) in [6, 6.07) is 8.17. The number of benzene rings is 1. The number of carbonyl (C=O) groups excluding carboxylic acids is 1. The minimum Gasteiger partial charge on any atom is -0.394 e. The second-order valence-electron chi connectivity index (χ2n) is 22.3. The van der Waals surface area contributed by atoms with Gasteiger partial charge in [0.1, 0.15) is 171 Å². The first-order valence-corrected chi connectivity index (χ1v) is 28.5. The van der Waals surface area contributed by atoms with Crippen LogP contribution in [0.2, 0.25) is 0 Å². The Morgan fingerprint density at radius 2 is 0.511 bits per heavy atom. The molecule has 1 amide bonds. The molecule has 0 aromatic heterocycles. The van der Waals surface area contributed by atoms with Crippen molar-refractivity contribution in [2.24, 2.45) is 0 Å². The Labute approximate surface area is 499 Å². The third kappa shape index (κ3) is 14.5. The SMILES string of the molecule is O=C(NCCNC[C@H]1O[C@@H]2O[C@H]3[C@H](O)[C@@H](O)[C@@H](O[C@H]4[C@H](O)[C@@H](O)[C@@H](O[C@H]5[C@H](O)[C@@H](O)[C@@H](O[C@H]6[C@H](O)[C@@H](O)[C@@H](O[C@H]7[C@H](O)[C@@H](O)[C@@H](O[C@H]8[C@H](O)[C@@H](O)[C@@H](O[C@H]1[C@H](O)[C@H]2O)O[C@@H]8CO)O[C@@H]7CO)O[C@@H]6CO)O[C@@H]5CO)O[C@@H]4CO)O[C@@H]3CO)c1ccccc1. The highest BCUT2D eigenvalue weighted by Gasteiger charge is 2.59. The molecule has 35 atom stereocenters. The Morgan fingerprint density at radius 3 is 0.739 bits per heavy atom. The summed E-state index contributed by atoms with van der Waals surface area (Å²) in [6.45, 7) is -6.68. The van der Waals surface area contributed by atoms with E-state index in [1.54, 1.807) is 30.3 Å². The number of hydrogen-bond acceptors (Lipinski definition) is 36. The Kier molecular flexibility index (Phi) is 24.2. The standard InChI is InChI=1S/C51H80N2O35/c54-9-17-38-25(62)32(69)47(77-17)85-40-19(11-56)79-49(34(71)27(40)64)87-42-21(13-58)81-51(36(73)29(42)66)88-43-22(14-59)80-50(35(72)28(43)65)86-41-20(12-57)78-48(33(70)26(41)63)84-39-18(10-55)76-46(31(68)24(39)61)82-37-16(75-45(83-38)30(67)23(37)60)8-52-6-7-53-44(74)15-4-2-1-3-5-15/h1-5,16-43,45-52,54-73H,6-14H2,(H,53,74)/t16-,17-,18-,19-,20-,21-,22-,23-,24-,25-,26-,27-,28-,29-,30-,31-,32-,33-,34-,35-,36-,37-,38-,39-,40-,41-,42-,43-,45-,46-,47-,48-,49-,50-,51-/m1/s1. The Balaban J connectivity index is 0.995. The van der Waals surface area contributed by atoms with Gasteiger partial charge in [-0.25, -0.2) is 0 Å². The molecule has 21 aliphatic rings. The van der Waals surface area contributed by atoms with E-state index in [2.05, 4.69) is 10.6 Å². The van der Waals surface area contributed by atoms with Crippen LogP contribution in [0.3, 0.4) is 0 Å². The summed E-state index contributed by atoms with van der Waals surface area (Å²) in [5.74, 6) is -0.433. The predicted octanol–water partition coefficient (Wildman–Crippen LogP) is -14.2. The van der Waals surface area contributed by atoms with E-state index in [1.807, 2.05) is 0 Å². The molecular weight excluding hydrogens is 1200 g/mol. The van der Waals surface area contributed by atoms with Gasteiger partial charge < -0.3 is 179 Å². The lowest BCUT2D eigenvalue weighted by atomic mass is 9.95. The normalized spacial score (nSPS) is 49.8. The van der Waals surface area contributed by atoms with E-state index in [9.17, 15) is 107 Å². The van der Waals surface area contributed by atoms with E-state index in [1.165, 1.54) is 0 Å². The molecule has 21 aliphatic heterocycles. The second kappa shape index (κ2) is 30.6. The molecule has 37 heteroatoms. The highest BCUT2D eigenvalue weighted by atomic mass is 16.8. The summed E-state index contributed by atoms with van der Waals surface area (Å²) in [4.78, 5) is 12.7. The van der Waals surface area contributed by atoms with Crippen molar-refractivity contribution < 1.29 is 173 Å². The molecule has 21 fully saturated rings. The maximum atomic E-state index is 12.7. The molecule has 0 radical (unpaired) electrons. The van der Waals surface area contributed by atoms with Crippen LogP contribution in [0.25, 0.3) is 0 Å². The van der Waals surface area contributed by atoms with Gasteiger partial charge in [0.2, 0.25) is 0 Å². The van der Waals surface area contributed by atoms with Gasteiger partial charge in [0.25, 0.3) is 5.91 Å². The quantitative estimate of drug-likeness (QED) is 0.0864. The van der Waals surface area contributed by atoms with E-state index >= 15 is 0 Å². The van der Waals surface area contributed by atoms with Gasteiger partial charge in [-0.3, -0.25) is 4.79 Å². The lowest BCUT2D eigenvalue weighted by molar-refractivity contribution is -0.396. The maximum absolute atomic E-state index is 12.7. The van der Waals surface area contributed by atoms with Gasteiger partial charge in [0, 0.05) is 25.2 Å². The van der Waals surface area contributed by atoms with Crippen molar-refractivity contribution in [1.29, 1.82) is 0 Å². The van der Waals surface area contributed by atoms with Crippen LogP contribution in [-0.2, 0) is 66.3 Å². The van der Waals surface area contributed by atoms with Gasteiger partial charge >= 0.3 is 0 Å². The number of hydrogen-bond donors (Lipinski definition) is 22. The van der Waals surface area contributed by atoms with Crippen LogP contribution in [0.15, 0.2) is 30.3 Å². The predicted molar refractivity (Wildman–Crippen MR) is 273 cm³/mol. The molecule has 1 aromatic carbocycles. The minimum atomic E-state index is -2.22. The molecule has 0 unspecified atom stereocenters. The molecule has 22 N–H and O–H groups in total.